The highest BCUT2D eigenvalue weighted by Crippen LogP contribution is 2.27. The minimum Gasteiger partial charge on any atom is -0.164 e. The zero-order valence-electron chi connectivity index (χ0n) is 4.98. The van der Waals surface area contributed by atoms with E-state index in [0.29, 0.717) is 6.07 Å². The Morgan fingerprint density at radius 2 is 2.09 bits per heavy atom. The molecule has 0 unspecified atom stereocenters. The van der Waals surface area contributed by atoms with Gasteiger partial charge in [-0.3, -0.25) is 0 Å². The van der Waals surface area contributed by atoms with E-state index in [2.05, 4.69) is 10.2 Å². The van der Waals surface area contributed by atoms with Crippen LogP contribution in [0.25, 0.3) is 0 Å². The molecule has 0 N–H and O–H groups in total. The van der Waals surface area contributed by atoms with E-state index in [0.717, 1.165) is 0 Å². The zero-order chi connectivity index (χ0) is 8.48. The first-order valence-corrected chi connectivity index (χ1v) is 2.86. The summed E-state index contributed by atoms with van der Waals surface area (Å²) in [5.41, 5.74) is -1.11. The summed E-state index contributed by atoms with van der Waals surface area (Å²) in [5, 5.41) is 5.52. The van der Waals surface area contributed by atoms with Gasteiger partial charge in [-0.2, -0.15) is 13.2 Å². The molecule has 59 valence electrons. The molecule has 0 aromatic carbocycles. The molecule has 0 aliphatic rings. The number of aromatic nitrogens is 2. The molecular weight excluding hydrogens is 181 g/mol. The van der Waals surface area contributed by atoms with Crippen molar-refractivity contribution in [3.8, 4) is 0 Å². The second-order valence-corrected chi connectivity index (χ2v) is 2.09. The maximum atomic E-state index is 11.8. The van der Waals surface area contributed by atoms with E-state index in [1.165, 1.54) is 0 Å². The van der Waals surface area contributed by atoms with Crippen molar-refractivity contribution in [2.45, 2.75) is 6.18 Å². The molecule has 11 heavy (non-hydrogen) atoms. The highest BCUT2D eigenvalue weighted by molar-refractivity contribution is 6.30. The fourth-order valence-electron chi connectivity index (χ4n) is 0.446. The topological polar surface area (TPSA) is 25.8 Å². The number of nitrogens with zero attached hydrogens (tertiary/aromatic N) is 2. The average molecular weight is 182 g/mol. The van der Waals surface area contributed by atoms with Crippen LogP contribution in [0.4, 0.5) is 13.2 Å². The molecule has 0 aliphatic carbocycles. The maximum Gasteiger partial charge on any atom is 0.435 e. The molecule has 0 aliphatic heterocycles. The van der Waals surface area contributed by atoms with Gasteiger partial charge in [-0.15, -0.1) is 10.2 Å². The first-order chi connectivity index (χ1) is 5.00. The second-order valence-electron chi connectivity index (χ2n) is 1.69. The molecule has 0 bridgehead atoms. The summed E-state index contributed by atoms with van der Waals surface area (Å²) < 4.78 is 35.4. The van der Waals surface area contributed by atoms with Crippen LogP contribution in [0.3, 0.4) is 0 Å². The van der Waals surface area contributed by atoms with E-state index in [1.54, 1.807) is 0 Å². The van der Waals surface area contributed by atoms with Gasteiger partial charge in [-0.1, -0.05) is 11.6 Å². The lowest BCUT2D eigenvalue weighted by molar-refractivity contribution is -0.141. The number of hydrogen-bond donors (Lipinski definition) is 0. The first kappa shape index (κ1) is 8.26. The lowest BCUT2D eigenvalue weighted by Crippen LogP contribution is -2.08. The third-order valence-corrected chi connectivity index (χ3v) is 1.06. The summed E-state index contributed by atoms with van der Waals surface area (Å²) in [4.78, 5) is 0. The van der Waals surface area contributed by atoms with Gasteiger partial charge in [0.15, 0.2) is 5.69 Å². The van der Waals surface area contributed by atoms with Gasteiger partial charge in [0.2, 0.25) is 0 Å². The quantitative estimate of drug-likeness (QED) is 0.611. The van der Waals surface area contributed by atoms with Crippen LogP contribution in [0.2, 0.25) is 5.02 Å². The van der Waals surface area contributed by atoms with E-state index >= 15 is 0 Å². The van der Waals surface area contributed by atoms with Crippen LogP contribution < -0.4 is 0 Å². The van der Waals surface area contributed by atoms with Crippen molar-refractivity contribution in [3.63, 3.8) is 0 Å². The molecule has 1 aromatic rings. The van der Waals surface area contributed by atoms with E-state index in [-0.39, 0.29) is 5.02 Å². The van der Waals surface area contributed by atoms with Gasteiger partial charge >= 0.3 is 6.18 Å². The van der Waals surface area contributed by atoms with Gasteiger partial charge in [-0.05, 0) is 6.07 Å². The molecular formula is C5HClF3N2. The van der Waals surface area contributed by atoms with Crippen molar-refractivity contribution in [2.24, 2.45) is 0 Å². The number of rotatable bonds is 0. The third kappa shape index (κ3) is 2.04. The number of halogens is 4. The summed E-state index contributed by atoms with van der Waals surface area (Å²) in [6.07, 6.45) is -2.45. The molecule has 0 saturated heterocycles. The molecule has 0 saturated carbocycles. The Labute approximate surface area is 65.0 Å². The molecule has 0 fully saturated rings. The molecule has 0 spiro atoms. The van der Waals surface area contributed by atoms with Crippen molar-refractivity contribution in [2.75, 3.05) is 0 Å². The van der Waals surface area contributed by atoms with Crippen molar-refractivity contribution >= 4 is 11.6 Å². The van der Waals surface area contributed by atoms with E-state index in [1.807, 2.05) is 6.20 Å². The van der Waals surface area contributed by atoms with Crippen LogP contribution in [-0.2, 0) is 6.18 Å². The van der Waals surface area contributed by atoms with Crippen molar-refractivity contribution in [3.05, 3.63) is 23.0 Å². The molecule has 1 radical (unpaired) electrons. The van der Waals surface area contributed by atoms with Gasteiger partial charge in [0.25, 0.3) is 0 Å². The first-order valence-electron chi connectivity index (χ1n) is 2.48. The predicted molar refractivity (Wildman–Crippen MR) is 30.9 cm³/mol. The highest BCUT2D eigenvalue weighted by atomic mass is 35.5. The Hall–Kier alpha value is -0.840. The van der Waals surface area contributed by atoms with E-state index in [9.17, 15) is 13.2 Å². The van der Waals surface area contributed by atoms with Gasteiger partial charge in [0, 0.05) is 0 Å². The van der Waals surface area contributed by atoms with Crippen LogP contribution in [0.15, 0.2) is 6.07 Å². The second kappa shape index (κ2) is 2.65. The monoisotopic (exact) mass is 181 g/mol. The van der Waals surface area contributed by atoms with E-state index < -0.39 is 11.9 Å². The molecule has 0 amide bonds. The Balaban J connectivity index is 3.06. The number of hydrogen-bond acceptors (Lipinski definition) is 2. The van der Waals surface area contributed by atoms with Crippen LogP contribution in [0, 0.1) is 6.20 Å². The Bertz CT molecular complexity index is 260. The van der Waals surface area contributed by atoms with Gasteiger partial charge in [0.1, 0.15) is 6.20 Å². The predicted octanol–water partition coefficient (Wildman–Crippen LogP) is 1.95. The summed E-state index contributed by atoms with van der Waals surface area (Å²) >= 11 is 5.19. The molecule has 1 heterocycles. The lowest BCUT2D eigenvalue weighted by atomic mass is 10.4. The molecule has 0 atom stereocenters. The Kier molecular flexibility index (Phi) is 1.99. The third-order valence-electron chi connectivity index (χ3n) is 0.868. The molecule has 2 nitrogen and oxygen atoms in total. The normalized spacial score (nSPS) is 11.6. The average Bonchev–Trinajstić information content (AvgIpc) is 1.86. The lowest BCUT2D eigenvalue weighted by Gasteiger charge is -2.02. The Morgan fingerprint density at radius 1 is 1.45 bits per heavy atom. The van der Waals surface area contributed by atoms with Gasteiger partial charge in [0.05, 0.1) is 5.02 Å². The molecule has 1 rings (SSSR count). The number of alkyl halides is 3. The Morgan fingerprint density at radius 3 is 2.45 bits per heavy atom. The maximum absolute atomic E-state index is 11.8. The van der Waals surface area contributed by atoms with Gasteiger partial charge in [-0.25, -0.2) is 0 Å². The van der Waals surface area contributed by atoms with E-state index in [4.69, 9.17) is 11.6 Å². The SMILES string of the molecule is FC(F)(F)c1cc(Cl)[c]nn1. The smallest absolute Gasteiger partial charge is 0.164 e. The van der Waals surface area contributed by atoms with Crippen molar-refractivity contribution in [1.29, 1.82) is 0 Å². The summed E-state index contributed by atoms with van der Waals surface area (Å²) in [5.74, 6) is 0. The van der Waals surface area contributed by atoms with Crippen LogP contribution in [-0.4, -0.2) is 10.2 Å². The molecule has 1 aromatic heterocycles. The standard InChI is InChI=1S/C5HClF3N2/c6-3-1-4(5(7,8)9)11-10-2-3/h1H. The minimum atomic E-state index is -4.49. The van der Waals surface area contributed by atoms with Crippen molar-refractivity contribution in [1.82, 2.24) is 10.2 Å². The highest BCUT2D eigenvalue weighted by Gasteiger charge is 2.33. The largest absolute Gasteiger partial charge is 0.435 e. The van der Waals surface area contributed by atoms with Crippen LogP contribution in [0.1, 0.15) is 5.69 Å². The van der Waals surface area contributed by atoms with Gasteiger partial charge < -0.3 is 0 Å². The zero-order valence-corrected chi connectivity index (χ0v) is 5.74. The van der Waals surface area contributed by atoms with Crippen LogP contribution >= 0.6 is 11.6 Å². The van der Waals surface area contributed by atoms with Crippen LogP contribution in [0.5, 0.6) is 0 Å². The summed E-state index contributed by atoms with van der Waals surface area (Å²) in [7, 11) is 0. The minimum absolute atomic E-state index is 0.202. The fraction of sp³-hybridized carbons (Fsp3) is 0.200. The fourth-order valence-corrected chi connectivity index (χ4v) is 0.587. The molecule has 6 heteroatoms. The summed E-state index contributed by atoms with van der Waals surface area (Å²) in [6, 6.07) is 0.661. The van der Waals surface area contributed by atoms with Crippen molar-refractivity contribution < 1.29 is 13.2 Å². The summed E-state index contributed by atoms with van der Waals surface area (Å²) in [6.45, 7) is 0.